The molecule has 2 heterocycles. The summed E-state index contributed by atoms with van der Waals surface area (Å²) in [6.45, 7) is 1.86. The number of nitrogens with one attached hydrogen (secondary N) is 1. The Morgan fingerprint density at radius 1 is 1.28 bits per heavy atom. The van der Waals surface area contributed by atoms with Crippen LogP contribution in [0.25, 0.3) is 0 Å². The average molecular weight is 450 g/mol. The number of thiophene rings is 1. The molecule has 5 nitrogen and oxygen atoms in total. The fourth-order valence-electron chi connectivity index (χ4n) is 2.78. The summed E-state index contributed by atoms with van der Waals surface area (Å²) >= 11 is 4.42. The van der Waals surface area contributed by atoms with Crippen LogP contribution in [0.3, 0.4) is 0 Å². The van der Waals surface area contributed by atoms with Crippen LogP contribution in [0.15, 0.2) is 42.9 Å². The maximum Gasteiger partial charge on any atom is 0.250 e. The van der Waals surface area contributed by atoms with Gasteiger partial charge in [-0.15, -0.1) is 11.3 Å². The van der Waals surface area contributed by atoms with Crippen molar-refractivity contribution in [3.63, 3.8) is 0 Å². The van der Waals surface area contributed by atoms with Crippen LogP contribution in [0.4, 0.5) is 0 Å². The largest absolute Gasteiger partial charge is 0.469 e. The molecule has 0 aliphatic heterocycles. The van der Waals surface area contributed by atoms with E-state index in [4.69, 9.17) is 4.42 Å². The van der Waals surface area contributed by atoms with E-state index in [9.17, 15) is 13.5 Å². The van der Waals surface area contributed by atoms with Crippen molar-refractivity contribution in [2.24, 2.45) is 0 Å². The summed E-state index contributed by atoms with van der Waals surface area (Å²) < 4.78 is 34.3. The number of sulfonamides is 1. The third-order valence-electron chi connectivity index (χ3n) is 4.08. The van der Waals surface area contributed by atoms with Gasteiger partial charge in [0.05, 0.1) is 22.7 Å². The van der Waals surface area contributed by atoms with Crippen molar-refractivity contribution in [2.75, 3.05) is 6.61 Å². The van der Waals surface area contributed by atoms with Gasteiger partial charge in [-0.1, -0.05) is 32.6 Å². The van der Waals surface area contributed by atoms with E-state index >= 15 is 0 Å². The molecule has 0 aliphatic rings. The van der Waals surface area contributed by atoms with Crippen LogP contribution < -0.4 is 4.72 Å². The molecule has 0 radical (unpaired) electrons. The van der Waals surface area contributed by atoms with Gasteiger partial charge in [0.2, 0.25) is 10.0 Å². The van der Waals surface area contributed by atoms with Gasteiger partial charge in [0.15, 0.2) is 0 Å². The van der Waals surface area contributed by atoms with Crippen LogP contribution in [-0.2, 0) is 10.0 Å². The normalized spacial score (nSPS) is 14.5. The Balaban J connectivity index is 2.15. The van der Waals surface area contributed by atoms with E-state index in [2.05, 4.69) is 27.6 Å². The predicted octanol–water partition coefficient (Wildman–Crippen LogP) is 4.50. The smallest absolute Gasteiger partial charge is 0.250 e. The van der Waals surface area contributed by atoms with Gasteiger partial charge in [-0.25, -0.2) is 13.1 Å². The zero-order valence-corrected chi connectivity index (χ0v) is 17.4. The van der Waals surface area contributed by atoms with Gasteiger partial charge in [-0.2, -0.15) is 0 Å². The third kappa shape index (κ3) is 5.92. The molecule has 0 spiro atoms. The standard InChI is InChI=1S/C17H24BrNO4S2/c1-2-3-4-5-7-13(15-8-6-11-23-15)14(12-20)19-25(21,22)17-10-9-16(18)24-17/h6,8-11,13-14,19-20H,2-5,7,12H2,1H3/t13-,14+/m1/s1. The highest BCUT2D eigenvalue weighted by atomic mass is 79.9. The van der Waals surface area contributed by atoms with E-state index in [1.54, 1.807) is 24.5 Å². The Bertz CT molecular complexity index is 728. The summed E-state index contributed by atoms with van der Waals surface area (Å²) in [5, 5.41) is 9.84. The minimum absolute atomic E-state index is 0.199. The van der Waals surface area contributed by atoms with Crippen molar-refractivity contribution in [1.82, 2.24) is 4.72 Å². The second-order valence-corrected chi connectivity index (χ2v) is 10.3. The summed E-state index contributed by atoms with van der Waals surface area (Å²) in [4.78, 5) is 0. The lowest BCUT2D eigenvalue weighted by molar-refractivity contribution is 0.223. The Kier molecular flexibility index (Phi) is 8.15. The Morgan fingerprint density at radius 2 is 2.08 bits per heavy atom. The quantitative estimate of drug-likeness (QED) is 0.494. The van der Waals surface area contributed by atoms with E-state index in [1.165, 1.54) is 0 Å². The SMILES string of the molecule is CCCCCC[C@@H](c1ccco1)[C@H](CO)NS(=O)(=O)c1ccc(Br)s1. The van der Waals surface area contributed by atoms with Crippen LogP contribution in [-0.4, -0.2) is 26.2 Å². The highest BCUT2D eigenvalue weighted by Crippen LogP contribution is 2.30. The second kappa shape index (κ2) is 9.87. The molecular weight excluding hydrogens is 426 g/mol. The summed E-state index contributed by atoms with van der Waals surface area (Å²) in [6, 6.07) is 6.24. The molecule has 0 aliphatic carbocycles. The predicted molar refractivity (Wildman–Crippen MR) is 103 cm³/mol. The van der Waals surface area contributed by atoms with Crippen molar-refractivity contribution in [1.29, 1.82) is 0 Å². The molecule has 0 fully saturated rings. The van der Waals surface area contributed by atoms with E-state index in [0.717, 1.165) is 47.2 Å². The molecule has 0 saturated heterocycles. The number of furan rings is 1. The van der Waals surface area contributed by atoms with Crippen LogP contribution in [0.2, 0.25) is 0 Å². The molecule has 0 saturated carbocycles. The van der Waals surface area contributed by atoms with Crippen molar-refractivity contribution >= 4 is 37.3 Å². The lowest BCUT2D eigenvalue weighted by atomic mass is 9.92. The number of hydrogen-bond donors (Lipinski definition) is 2. The molecule has 0 amide bonds. The van der Waals surface area contributed by atoms with Crippen molar-refractivity contribution < 1.29 is 17.9 Å². The number of aliphatic hydroxyl groups excluding tert-OH is 1. The molecule has 0 aromatic carbocycles. The van der Waals surface area contributed by atoms with E-state index in [1.807, 2.05) is 6.07 Å². The second-order valence-electron chi connectivity index (χ2n) is 5.94. The molecule has 0 unspecified atom stereocenters. The number of halogens is 1. The van der Waals surface area contributed by atoms with Gasteiger partial charge in [-0.3, -0.25) is 0 Å². The minimum Gasteiger partial charge on any atom is -0.469 e. The Hall–Kier alpha value is -0.670. The molecular formula is C17H24BrNO4S2. The van der Waals surface area contributed by atoms with Gasteiger partial charge < -0.3 is 9.52 Å². The highest BCUT2D eigenvalue weighted by Gasteiger charge is 2.30. The molecule has 25 heavy (non-hydrogen) atoms. The maximum absolute atomic E-state index is 12.6. The molecule has 2 aromatic rings. The molecule has 8 heteroatoms. The number of rotatable bonds is 11. The first-order valence-corrected chi connectivity index (χ1v) is 11.5. The summed E-state index contributed by atoms with van der Waals surface area (Å²) in [5.41, 5.74) is 0. The first-order chi connectivity index (χ1) is 12.0. The summed E-state index contributed by atoms with van der Waals surface area (Å²) in [6.07, 6.45) is 6.65. The fourth-order valence-corrected chi connectivity index (χ4v) is 6.08. The van der Waals surface area contributed by atoms with Gasteiger partial charge in [0.1, 0.15) is 9.97 Å². The van der Waals surface area contributed by atoms with E-state index < -0.39 is 16.1 Å². The average Bonchev–Trinajstić information content (AvgIpc) is 3.25. The lowest BCUT2D eigenvalue weighted by Crippen LogP contribution is -2.41. The summed E-state index contributed by atoms with van der Waals surface area (Å²) in [7, 11) is -3.69. The molecule has 2 atom stereocenters. The molecule has 2 aromatic heterocycles. The Morgan fingerprint density at radius 3 is 2.64 bits per heavy atom. The van der Waals surface area contributed by atoms with Crippen molar-refractivity contribution in [3.05, 3.63) is 40.1 Å². The number of unbranched alkanes of at least 4 members (excludes halogenated alkanes) is 3. The van der Waals surface area contributed by atoms with Crippen LogP contribution in [0, 0.1) is 0 Å². The monoisotopic (exact) mass is 449 g/mol. The van der Waals surface area contributed by atoms with Crippen LogP contribution >= 0.6 is 27.3 Å². The number of aliphatic hydroxyl groups is 1. The van der Waals surface area contributed by atoms with Gasteiger partial charge >= 0.3 is 0 Å². The fraction of sp³-hybridized carbons (Fsp3) is 0.529. The lowest BCUT2D eigenvalue weighted by Gasteiger charge is -2.24. The number of hydrogen-bond acceptors (Lipinski definition) is 5. The highest BCUT2D eigenvalue weighted by molar-refractivity contribution is 9.11. The van der Waals surface area contributed by atoms with Gasteiger partial charge in [0, 0.05) is 5.92 Å². The topological polar surface area (TPSA) is 79.5 Å². The first-order valence-electron chi connectivity index (χ1n) is 8.40. The van der Waals surface area contributed by atoms with E-state index in [-0.39, 0.29) is 16.7 Å². The summed E-state index contributed by atoms with van der Waals surface area (Å²) in [5.74, 6) is 0.501. The molecule has 2 N–H and O–H groups in total. The molecule has 140 valence electrons. The van der Waals surface area contributed by atoms with E-state index in [0.29, 0.717) is 5.76 Å². The maximum atomic E-state index is 12.6. The first kappa shape index (κ1) is 20.6. The van der Waals surface area contributed by atoms with Gasteiger partial charge in [-0.05, 0) is 46.6 Å². The zero-order chi connectivity index (χ0) is 18.3. The third-order valence-corrected chi connectivity index (χ3v) is 7.69. The minimum atomic E-state index is -3.69. The van der Waals surface area contributed by atoms with Gasteiger partial charge in [0.25, 0.3) is 0 Å². The molecule has 2 rings (SSSR count). The molecule has 0 bridgehead atoms. The van der Waals surface area contributed by atoms with Crippen LogP contribution in [0.5, 0.6) is 0 Å². The van der Waals surface area contributed by atoms with Crippen LogP contribution in [0.1, 0.15) is 50.7 Å². The van der Waals surface area contributed by atoms with Crippen molar-refractivity contribution in [2.45, 2.75) is 55.2 Å². The van der Waals surface area contributed by atoms with Crippen molar-refractivity contribution in [3.8, 4) is 0 Å². The zero-order valence-electron chi connectivity index (χ0n) is 14.2. The Labute approximate surface area is 161 Å².